The zero-order valence-electron chi connectivity index (χ0n) is 10.3. The van der Waals surface area contributed by atoms with Crippen LogP contribution in [0.2, 0.25) is 0 Å². The maximum atomic E-state index is 12.0. The predicted molar refractivity (Wildman–Crippen MR) is 65.1 cm³/mol. The number of hydrogen-bond donors (Lipinski definition) is 1. The average molecular weight is 246 g/mol. The summed E-state index contributed by atoms with van der Waals surface area (Å²) in [6.45, 7) is 2.06. The third-order valence-corrected chi connectivity index (χ3v) is 2.58. The third kappa shape index (κ3) is 2.51. The molecule has 0 aliphatic carbocycles. The monoisotopic (exact) mass is 246 g/mol. The minimum atomic E-state index is -0.265. The first-order chi connectivity index (χ1) is 8.58. The van der Waals surface area contributed by atoms with Crippen molar-refractivity contribution in [1.29, 1.82) is 0 Å². The number of benzene rings is 1. The van der Waals surface area contributed by atoms with Crippen molar-refractivity contribution < 1.29 is 14.4 Å². The van der Waals surface area contributed by atoms with Crippen molar-refractivity contribution in [1.82, 2.24) is 10.1 Å². The molecule has 5 nitrogen and oxygen atoms in total. The number of nitrogens with zero attached hydrogens (tertiary/aromatic N) is 2. The Morgan fingerprint density at radius 1 is 1.44 bits per heavy atom. The molecule has 0 atom stereocenters. The number of phenolic OH excluding ortho intramolecular Hbond substituents is 1. The molecule has 1 heterocycles. The van der Waals surface area contributed by atoms with E-state index in [9.17, 15) is 9.90 Å². The molecule has 0 aliphatic heterocycles. The summed E-state index contributed by atoms with van der Waals surface area (Å²) in [4.78, 5) is 13.5. The Balaban J connectivity index is 2.11. The van der Waals surface area contributed by atoms with Crippen LogP contribution in [0.3, 0.4) is 0 Å². The van der Waals surface area contributed by atoms with Crippen LogP contribution < -0.4 is 0 Å². The van der Waals surface area contributed by atoms with Gasteiger partial charge in [0, 0.05) is 25.2 Å². The molecule has 0 saturated carbocycles. The van der Waals surface area contributed by atoms with Gasteiger partial charge in [-0.15, -0.1) is 0 Å². The SMILES string of the molecule is Cc1cc(C(=O)N(C)Cc2ccccc2O)on1. The molecule has 0 spiro atoms. The number of carbonyl (C=O) groups excluding carboxylic acids is 1. The predicted octanol–water partition coefficient (Wildman–Crippen LogP) is 1.96. The van der Waals surface area contributed by atoms with E-state index in [2.05, 4.69) is 5.16 Å². The molecule has 1 amide bonds. The smallest absolute Gasteiger partial charge is 0.292 e. The number of phenols is 1. The van der Waals surface area contributed by atoms with Crippen LogP contribution in [0.5, 0.6) is 5.75 Å². The molecular weight excluding hydrogens is 232 g/mol. The normalized spacial score (nSPS) is 10.3. The highest BCUT2D eigenvalue weighted by Crippen LogP contribution is 2.18. The van der Waals surface area contributed by atoms with Gasteiger partial charge in [-0.25, -0.2) is 0 Å². The second-order valence-electron chi connectivity index (χ2n) is 4.12. The van der Waals surface area contributed by atoms with Gasteiger partial charge in [-0.3, -0.25) is 4.79 Å². The minimum absolute atomic E-state index is 0.172. The molecule has 0 aliphatic rings. The Hall–Kier alpha value is -2.30. The van der Waals surface area contributed by atoms with Crippen molar-refractivity contribution in [3.05, 3.63) is 47.3 Å². The van der Waals surface area contributed by atoms with Crippen molar-refractivity contribution in [3.8, 4) is 5.75 Å². The van der Waals surface area contributed by atoms with E-state index < -0.39 is 0 Å². The van der Waals surface area contributed by atoms with Gasteiger partial charge in [-0.2, -0.15) is 0 Å². The van der Waals surface area contributed by atoms with E-state index in [0.29, 0.717) is 17.8 Å². The summed E-state index contributed by atoms with van der Waals surface area (Å²) in [5.41, 5.74) is 1.35. The summed E-state index contributed by atoms with van der Waals surface area (Å²) in [5.74, 6) is 0.107. The van der Waals surface area contributed by atoms with Gasteiger partial charge < -0.3 is 14.5 Å². The van der Waals surface area contributed by atoms with Crippen LogP contribution in [0, 0.1) is 6.92 Å². The molecule has 1 aromatic carbocycles. The number of aromatic hydroxyl groups is 1. The number of aromatic nitrogens is 1. The lowest BCUT2D eigenvalue weighted by Gasteiger charge is -2.16. The van der Waals surface area contributed by atoms with E-state index in [0.717, 1.165) is 0 Å². The Morgan fingerprint density at radius 2 is 2.17 bits per heavy atom. The molecule has 1 aromatic heterocycles. The number of para-hydroxylation sites is 1. The molecule has 0 saturated heterocycles. The van der Waals surface area contributed by atoms with Gasteiger partial charge in [0.25, 0.3) is 5.91 Å². The molecule has 94 valence electrons. The Morgan fingerprint density at radius 3 is 2.78 bits per heavy atom. The number of carbonyl (C=O) groups is 1. The fourth-order valence-electron chi connectivity index (χ4n) is 1.62. The van der Waals surface area contributed by atoms with Gasteiger partial charge in [0.1, 0.15) is 5.75 Å². The van der Waals surface area contributed by atoms with Crippen LogP contribution in [0.25, 0.3) is 0 Å². The van der Waals surface area contributed by atoms with E-state index in [1.165, 1.54) is 4.90 Å². The summed E-state index contributed by atoms with van der Waals surface area (Å²) < 4.78 is 4.91. The summed E-state index contributed by atoms with van der Waals surface area (Å²) in [6.07, 6.45) is 0. The van der Waals surface area contributed by atoms with Crippen molar-refractivity contribution in [2.24, 2.45) is 0 Å². The summed E-state index contributed by atoms with van der Waals surface area (Å²) >= 11 is 0. The molecule has 1 N–H and O–H groups in total. The number of aryl methyl sites for hydroxylation is 1. The molecule has 0 unspecified atom stereocenters. The van der Waals surface area contributed by atoms with Crippen LogP contribution in [0.4, 0.5) is 0 Å². The Bertz CT molecular complexity index is 563. The highest BCUT2D eigenvalue weighted by molar-refractivity contribution is 5.91. The van der Waals surface area contributed by atoms with Gasteiger partial charge >= 0.3 is 0 Å². The Labute approximate surface area is 105 Å². The lowest BCUT2D eigenvalue weighted by atomic mass is 10.2. The standard InChI is InChI=1S/C13H14N2O3/c1-9-7-12(18-14-9)13(17)15(2)8-10-5-3-4-6-11(10)16/h3-7,16H,8H2,1-2H3. The highest BCUT2D eigenvalue weighted by Gasteiger charge is 2.17. The van der Waals surface area contributed by atoms with Crippen LogP contribution in [0.15, 0.2) is 34.9 Å². The van der Waals surface area contributed by atoms with Gasteiger partial charge in [-0.05, 0) is 13.0 Å². The molecule has 18 heavy (non-hydrogen) atoms. The zero-order chi connectivity index (χ0) is 13.1. The minimum Gasteiger partial charge on any atom is -0.508 e. The van der Waals surface area contributed by atoms with E-state index in [1.54, 1.807) is 38.2 Å². The molecular formula is C13H14N2O3. The molecule has 0 radical (unpaired) electrons. The maximum absolute atomic E-state index is 12.0. The van der Waals surface area contributed by atoms with Crippen LogP contribution >= 0.6 is 0 Å². The summed E-state index contributed by atoms with van der Waals surface area (Å²) in [6, 6.07) is 8.49. The molecule has 0 bridgehead atoms. The maximum Gasteiger partial charge on any atom is 0.292 e. The quantitative estimate of drug-likeness (QED) is 0.899. The molecule has 0 fully saturated rings. The average Bonchev–Trinajstić information content (AvgIpc) is 2.78. The first-order valence-corrected chi connectivity index (χ1v) is 5.53. The summed E-state index contributed by atoms with van der Waals surface area (Å²) in [7, 11) is 1.65. The van der Waals surface area contributed by atoms with Crippen molar-refractivity contribution in [3.63, 3.8) is 0 Å². The highest BCUT2D eigenvalue weighted by atomic mass is 16.5. The molecule has 2 aromatic rings. The third-order valence-electron chi connectivity index (χ3n) is 2.58. The Kier molecular flexibility index (Phi) is 3.32. The van der Waals surface area contributed by atoms with E-state index in [4.69, 9.17) is 4.52 Å². The first-order valence-electron chi connectivity index (χ1n) is 5.53. The van der Waals surface area contributed by atoms with Crippen molar-refractivity contribution in [2.45, 2.75) is 13.5 Å². The largest absolute Gasteiger partial charge is 0.508 e. The van der Waals surface area contributed by atoms with Gasteiger partial charge in [-0.1, -0.05) is 23.4 Å². The van der Waals surface area contributed by atoms with Crippen LogP contribution in [-0.4, -0.2) is 28.1 Å². The fourth-order valence-corrected chi connectivity index (χ4v) is 1.62. The second kappa shape index (κ2) is 4.91. The van der Waals surface area contributed by atoms with Crippen LogP contribution in [0.1, 0.15) is 21.8 Å². The van der Waals surface area contributed by atoms with E-state index in [-0.39, 0.29) is 17.4 Å². The van der Waals surface area contributed by atoms with E-state index >= 15 is 0 Å². The van der Waals surface area contributed by atoms with Crippen LogP contribution in [-0.2, 0) is 6.54 Å². The topological polar surface area (TPSA) is 66.6 Å². The van der Waals surface area contributed by atoms with Crippen molar-refractivity contribution in [2.75, 3.05) is 7.05 Å². The van der Waals surface area contributed by atoms with Gasteiger partial charge in [0.15, 0.2) is 0 Å². The lowest BCUT2D eigenvalue weighted by molar-refractivity contribution is 0.0742. The second-order valence-corrected chi connectivity index (χ2v) is 4.12. The lowest BCUT2D eigenvalue weighted by Crippen LogP contribution is -2.25. The molecule has 2 rings (SSSR count). The summed E-state index contributed by atoms with van der Waals surface area (Å²) in [5, 5.41) is 13.3. The van der Waals surface area contributed by atoms with Crippen molar-refractivity contribution >= 4 is 5.91 Å². The van der Waals surface area contributed by atoms with Gasteiger partial charge in [0.2, 0.25) is 5.76 Å². The number of amides is 1. The van der Waals surface area contributed by atoms with Gasteiger partial charge in [0.05, 0.1) is 5.69 Å². The molecule has 5 heteroatoms. The number of hydrogen-bond acceptors (Lipinski definition) is 4. The number of rotatable bonds is 3. The fraction of sp³-hybridized carbons (Fsp3) is 0.231. The first kappa shape index (κ1) is 12.2. The zero-order valence-corrected chi connectivity index (χ0v) is 10.3. The van der Waals surface area contributed by atoms with E-state index in [1.807, 2.05) is 6.07 Å².